The molecular formula is C14H16N4O3S. The lowest BCUT2D eigenvalue weighted by Gasteiger charge is -2.39. The largest absolute Gasteiger partial charge is 0.463 e. The standard InChI is InChI=1S/C14H16N4O3S/c1-2-21-14(20)10-7-16-12(13-15-3-6-22-13)18-5-4-17(9-19)8-11(10)18/h3,6,9H,2,4-5,7-8H2,1H3. The van der Waals surface area contributed by atoms with E-state index in [9.17, 15) is 9.59 Å². The van der Waals surface area contributed by atoms with Crippen molar-refractivity contribution in [2.45, 2.75) is 6.92 Å². The molecule has 1 fully saturated rings. The number of nitrogens with zero attached hydrogens (tertiary/aromatic N) is 4. The number of amidine groups is 1. The van der Waals surface area contributed by atoms with Crippen molar-refractivity contribution in [2.24, 2.45) is 4.99 Å². The van der Waals surface area contributed by atoms with E-state index in [0.29, 0.717) is 31.8 Å². The van der Waals surface area contributed by atoms with Gasteiger partial charge in [0.1, 0.15) is 0 Å². The molecule has 2 aliphatic heterocycles. The maximum absolute atomic E-state index is 12.1. The first-order chi connectivity index (χ1) is 10.7. The van der Waals surface area contributed by atoms with Gasteiger partial charge in [0.05, 0.1) is 31.0 Å². The minimum atomic E-state index is -0.364. The van der Waals surface area contributed by atoms with Crippen molar-refractivity contribution < 1.29 is 14.3 Å². The first kappa shape index (κ1) is 14.7. The van der Waals surface area contributed by atoms with Crippen molar-refractivity contribution in [1.82, 2.24) is 14.8 Å². The monoisotopic (exact) mass is 320 g/mol. The molecule has 0 unspecified atom stereocenters. The van der Waals surface area contributed by atoms with Gasteiger partial charge < -0.3 is 14.5 Å². The molecule has 3 rings (SSSR count). The lowest BCUT2D eigenvalue weighted by molar-refractivity contribution is -0.138. The number of amides is 1. The van der Waals surface area contributed by atoms with Crippen LogP contribution in [0.4, 0.5) is 0 Å². The van der Waals surface area contributed by atoms with Crippen LogP contribution in [0.1, 0.15) is 11.9 Å². The summed E-state index contributed by atoms with van der Waals surface area (Å²) in [5, 5.41) is 2.71. The molecule has 0 aromatic carbocycles. The molecule has 0 N–H and O–H groups in total. The molecule has 0 radical (unpaired) electrons. The van der Waals surface area contributed by atoms with Crippen LogP contribution in [0, 0.1) is 0 Å². The summed E-state index contributed by atoms with van der Waals surface area (Å²) in [6.07, 6.45) is 2.54. The van der Waals surface area contributed by atoms with Gasteiger partial charge in [-0.2, -0.15) is 0 Å². The molecular weight excluding hydrogens is 304 g/mol. The molecule has 1 amide bonds. The molecule has 0 spiro atoms. The average Bonchev–Trinajstić information content (AvgIpc) is 3.07. The third-order valence-electron chi connectivity index (χ3n) is 3.57. The fourth-order valence-corrected chi connectivity index (χ4v) is 3.20. The van der Waals surface area contributed by atoms with E-state index >= 15 is 0 Å². The molecule has 0 aliphatic carbocycles. The number of carbonyl (C=O) groups is 2. The SMILES string of the molecule is CCOC(=O)C1=C2CN(C=O)CCN2C(c2nccs2)=NC1. The van der Waals surface area contributed by atoms with E-state index in [4.69, 9.17) is 4.74 Å². The third-order valence-corrected chi connectivity index (χ3v) is 4.34. The smallest absolute Gasteiger partial charge is 0.337 e. The Labute approximate surface area is 131 Å². The summed E-state index contributed by atoms with van der Waals surface area (Å²) in [5.41, 5.74) is 1.31. The Kier molecular flexibility index (Phi) is 4.19. The van der Waals surface area contributed by atoms with Crippen molar-refractivity contribution in [2.75, 3.05) is 32.8 Å². The van der Waals surface area contributed by atoms with Crippen molar-refractivity contribution >= 4 is 29.6 Å². The Hall–Kier alpha value is -2.22. The van der Waals surface area contributed by atoms with Gasteiger partial charge in [-0.05, 0) is 6.92 Å². The number of ether oxygens (including phenoxy) is 1. The van der Waals surface area contributed by atoms with Crippen molar-refractivity contribution in [1.29, 1.82) is 0 Å². The first-order valence-electron chi connectivity index (χ1n) is 7.05. The number of rotatable bonds is 4. The van der Waals surface area contributed by atoms with Crippen LogP contribution in [0.2, 0.25) is 0 Å². The highest BCUT2D eigenvalue weighted by Gasteiger charge is 2.33. The van der Waals surface area contributed by atoms with Crippen molar-refractivity contribution in [3.8, 4) is 0 Å². The molecule has 3 heterocycles. The fourth-order valence-electron chi connectivity index (χ4n) is 2.55. The number of thiazole rings is 1. The molecule has 116 valence electrons. The quantitative estimate of drug-likeness (QED) is 0.596. The molecule has 22 heavy (non-hydrogen) atoms. The van der Waals surface area contributed by atoms with Gasteiger partial charge in [0.25, 0.3) is 0 Å². The van der Waals surface area contributed by atoms with Crippen LogP contribution >= 0.6 is 11.3 Å². The van der Waals surface area contributed by atoms with E-state index in [1.807, 2.05) is 10.3 Å². The van der Waals surface area contributed by atoms with Gasteiger partial charge in [0.2, 0.25) is 6.41 Å². The van der Waals surface area contributed by atoms with E-state index in [0.717, 1.165) is 23.0 Å². The van der Waals surface area contributed by atoms with Crippen molar-refractivity contribution in [3.63, 3.8) is 0 Å². The lowest BCUT2D eigenvalue weighted by atomic mass is 10.1. The molecule has 0 saturated carbocycles. The maximum atomic E-state index is 12.1. The second-order valence-electron chi connectivity index (χ2n) is 4.85. The number of hydrogen-bond acceptors (Lipinski definition) is 7. The first-order valence-corrected chi connectivity index (χ1v) is 7.93. The van der Waals surface area contributed by atoms with E-state index in [1.54, 1.807) is 18.0 Å². The topological polar surface area (TPSA) is 75.1 Å². The van der Waals surface area contributed by atoms with Gasteiger partial charge in [0.15, 0.2) is 10.8 Å². The van der Waals surface area contributed by atoms with Gasteiger partial charge in [-0.1, -0.05) is 0 Å². The van der Waals surface area contributed by atoms with E-state index in [2.05, 4.69) is 9.98 Å². The summed E-state index contributed by atoms with van der Waals surface area (Å²) in [6, 6.07) is 0. The Morgan fingerprint density at radius 3 is 3.05 bits per heavy atom. The number of aliphatic imine (C=N–C) groups is 1. The van der Waals surface area contributed by atoms with E-state index < -0.39 is 0 Å². The summed E-state index contributed by atoms with van der Waals surface area (Å²) in [7, 11) is 0. The van der Waals surface area contributed by atoms with Crippen LogP contribution < -0.4 is 0 Å². The summed E-state index contributed by atoms with van der Waals surface area (Å²) in [4.78, 5) is 35.7. The molecule has 2 aliphatic rings. The van der Waals surface area contributed by atoms with Gasteiger partial charge >= 0.3 is 5.97 Å². The highest BCUT2D eigenvalue weighted by molar-refractivity contribution is 7.11. The fraction of sp³-hybridized carbons (Fsp3) is 0.429. The lowest BCUT2D eigenvalue weighted by Crippen LogP contribution is -2.49. The van der Waals surface area contributed by atoms with Gasteiger partial charge in [-0.25, -0.2) is 9.78 Å². The van der Waals surface area contributed by atoms with Crippen molar-refractivity contribution in [3.05, 3.63) is 27.9 Å². The Morgan fingerprint density at radius 1 is 1.50 bits per heavy atom. The Bertz CT molecular complexity index is 639. The number of fused-ring (bicyclic) bond motifs is 1. The highest BCUT2D eigenvalue weighted by atomic mass is 32.1. The maximum Gasteiger partial charge on any atom is 0.337 e. The summed E-state index contributed by atoms with van der Waals surface area (Å²) in [6.45, 7) is 3.92. The number of hydrogen-bond donors (Lipinski definition) is 0. The zero-order valence-corrected chi connectivity index (χ0v) is 13.0. The second kappa shape index (κ2) is 6.27. The van der Waals surface area contributed by atoms with Crippen LogP contribution in [-0.2, 0) is 14.3 Å². The van der Waals surface area contributed by atoms with Gasteiger partial charge in [0, 0.05) is 24.7 Å². The minimum absolute atomic E-state index is 0.256. The van der Waals surface area contributed by atoms with E-state index in [1.165, 1.54) is 11.3 Å². The molecule has 0 bridgehead atoms. The second-order valence-corrected chi connectivity index (χ2v) is 5.74. The molecule has 1 aromatic rings. The molecule has 0 atom stereocenters. The van der Waals surface area contributed by atoms with Gasteiger partial charge in [-0.3, -0.25) is 9.79 Å². The van der Waals surface area contributed by atoms with Crippen LogP contribution in [0.5, 0.6) is 0 Å². The minimum Gasteiger partial charge on any atom is -0.463 e. The zero-order chi connectivity index (χ0) is 15.5. The number of esters is 1. The van der Waals surface area contributed by atoms with E-state index in [-0.39, 0.29) is 12.5 Å². The number of aromatic nitrogens is 1. The van der Waals surface area contributed by atoms with Crippen LogP contribution in [0.25, 0.3) is 0 Å². The normalized spacial score (nSPS) is 18.0. The zero-order valence-electron chi connectivity index (χ0n) is 12.2. The average molecular weight is 320 g/mol. The molecule has 1 saturated heterocycles. The molecule has 8 heteroatoms. The summed E-state index contributed by atoms with van der Waals surface area (Å²) in [5.74, 6) is 0.404. The summed E-state index contributed by atoms with van der Waals surface area (Å²) >= 11 is 1.51. The van der Waals surface area contributed by atoms with Crippen LogP contribution in [0.3, 0.4) is 0 Å². The Morgan fingerprint density at radius 2 is 2.36 bits per heavy atom. The summed E-state index contributed by atoms with van der Waals surface area (Å²) < 4.78 is 5.11. The highest BCUT2D eigenvalue weighted by Crippen LogP contribution is 2.26. The van der Waals surface area contributed by atoms with Gasteiger partial charge in [-0.15, -0.1) is 11.3 Å². The number of piperazine rings is 1. The molecule has 7 nitrogen and oxygen atoms in total. The van der Waals surface area contributed by atoms with Crippen LogP contribution in [0.15, 0.2) is 27.8 Å². The third kappa shape index (κ3) is 2.61. The van der Waals surface area contributed by atoms with Crippen LogP contribution in [-0.4, -0.2) is 65.8 Å². The number of carbonyl (C=O) groups excluding carboxylic acids is 2. The predicted molar refractivity (Wildman–Crippen MR) is 81.5 cm³/mol. The molecule has 1 aromatic heterocycles. The Balaban J connectivity index is 1.95. The predicted octanol–water partition coefficient (Wildman–Crippen LogP) is 0.495.